The van der Waals surface area contributed by atoms with Crippen molar-refractivity contribution >= 4 is 0 Å². The van der Waals surface area contributed by atoms with Crippen molar-refractivity contribution in [1.29, 1.82) is 0 Å². The van der Waals surface area contributed by atoms with Gasteiger partial charge in [-0.2, -0.15) is 0 Å². The molecule has 2 rings (SSSR count). The summed E-state index contributed by atoms with van der Waals surface area (Å²) in [6, 6.07) is 0.619. The van der Waals surface area contributed by atoms with Gasteiger partial charge in [0.2, 0.25) is 0 Å². The van der Waals surface area contributed by atoms with Crippen molar-refractivity contribution in [2.24, 2.45) is 0 Å². The molecule has 0 spiro atoms. The summed E-state index contributed by atoms with van der Waals surface area (Å²) in [5, 5.41) is 0. The average molecular weight is 194 g/mol. The monoisotopic (exact) mass is 194 g/mol. The molecule has 0 saturated carbocycles. The smallest absolute Gasteiger partial charge is 0.111 e. The Morgan fingerprint density at radius 3 is 3.29 bits per heavy atom. The first-order valence-corrected chi connectivity index (χ1v) is 5.37. The van der Waals surface area contributed by atoms with E-state index < -0.39 is 0 Å². The molecule has 1 unspecified atom stereocenters. The van der Waals surface area contributed by atoms with Crippen LogP contribution in [0.15, 0.2) is 6.20 Å². The van der Waals surface area contributed by atoms with Crippen LogP contribution in [0.3, 0.4) is 0 Å². The van der Waals surface area contributed by atoms with E-state index in [1.54, 1.807) is 7.11 Å². The lowest BCUT2D eigenvalue weighted by molar-refractivity contribution is 0.198. The Kier molecular flexibility index (Phi) is 2.87. The van der Waals surface area contributed by atoms with Crippen molar-refractivity contribution in [3.05, 3.63) is 17.7 Å². The molecule has 0 saturated heterocycles. The number of ether oxygens (including phenoxy) is 1. The fourth-order valence-corrected chi connectivity index (χ4v) is 2.25. The van der Waals surface area contributed by atoms with Crippen LogP contribution in [-0.4, -0.2) is 23.3 Å². The van der Waals surface area contributed by atoms with Crippen LogP contribution in [-0.2, 0) is 17.6 Å². The van der Waals surface area contributed by atoms with Gasteiger partial charge in [0.05, 0.1) is 6.61 Å². The van der Waals surface area contributed by atoms with Crippen molar-refractivity contribution in [1.82, 2.24) is 9.55 Å². The maximum absolute atomic E-state index is 5.09. The number of hydrogen-bond acceptors (Lipinski definition) is 2. The van der Waals surface area contributed by atoms with E-state index in [0.717, 1.165) is 13.0 Å². The number of aryl methyl sites for hydroxylation is 1. The molecule has 1 aromatic heterocycles. The lowest BCUT2D eigenvalue weighted by Gasteiger charge is -2.24. The zero-order chi connectivity index (χ0) is 9.97. The van der Waals surface area contributed by atoms with Crippen LogP contribution in [0.25, 0.3) is 0 Å². The maximum Gasteiger partial charge on any atom is 0.111 e. The third-order valence-corrected chi connectivity index (χ3v) is 2.98. The number of methoxy groups -OCH3 is 1. The van der Waals surface area contributed by atoms with Crippen molar-refractivity contribution in [2.45, 2.75) is 38.6 Å². The lowest BCUT2D eigenvalue weighted by Crippen LogP contribution is -2.18. The number of rotatable bonds is 3. The maximum atomic E-state index is 5.09. The minimum absolute atomic E-state index is 0.619. The molecule has 0 N–H and O–H groups in total. The van der Waals surface area contributed by atoms with Gasteiger partial charge in [-0.05, 0) is 26.2 Å². The molecule has 3 heteroatoms. The minimum atomic E-state index is 0.619. The van der Waals surface area contributed by atoms with Gasteiger partial charge in [0.1, 0.15) is 5.82 Å². The first-order chi connectivity index (χ1) is 6.83. The van der Waals surface area contributed by atoms with Crippen molar-refractivity contribution < 1.29 is 4.74 Å². The standard InChI is InChI=1S/C11H18N2O/c1-9-4-3-5-10-8-12-11(13(9)10)6-7-14-2/h8-9H,3-7H2,1-2H3. The molecular formula is C11H18N2O. The average Bonchev–Trinajstić information content (AvgIpc) is 2.59. The van der Waals surface area contributed by atoms with E-state index in [1.807, 2.05) is 6.20 Å². The van der Waals surface area contributed by atoms with Gasteiger partial charge in [-0.3, -0.25) is 0 Å². The molecule has 0 aromatic carbocycles. The molecule has 1 atom stereocenters. The number of aromatic nitrogens is 2. The van der Waals surface area contributed by atoms with Crippen LogP contribution in [0.4, 0.5) is 0 Å². The van der Waals surface area contributed by atoms with Gasteiger partial charge in [-0.25, -0.2) is 4.98 Å². The highest BCUT2D eigenvalue weighted by atomic mass is 16.5. The van der Waals surface area contributed by atoms with E-state index in [0.29, 0.717) is 6.04 Å². The van der Waals surface area contributed by atoms with Crippen LogP contribution in [0.5, 0.6) is 0 Å². The Balaban J connectivity index is 2.20. The zero-order valence-electron chi connectivity index (χ0n) is 8.99. The van der Waals surface area contributed by atoms with E-state index in [-0.39, 0.29) is 0 Å². The van der Waals surface area contributed by atoms with E-state index in [4.69, 9.17) is 4.74 Å². The Morgan fingerprint density at radius 1 is 1.64 bits per heavy atom. The summed E-state index contributed by atoms with van der Waals surface area (Å²) in [6.45, 7) is 3.05. The molecular weight excluding hydrogens is 176 g/mol. The summed E-state index contributed by atoms with van der Waals surface area (Å²) in [5.41, 5.74) is 1.40. The SMILES string of the molecule is COCCc1ncc2n1C(C)CCC2. The van der Waals surface area contributed by atoms with Gasteiger partial charge in [0, 0.05) is 31.5 Å². The highest BCUT2D eigenvalue weighted by Gasteiger charge is 2.19. The molecule has 0 bridgehead atoms. The van der Waals surface area contributed by atoms with Crippen molar-refractivity contribution in [3.63, 3.8) is 0 Å². The zero-order valence-corrected chi connectivity index (χ0v) is 8.99. The molecule has 1 aliphatic rings. The Labute approximate surface area is 85.1 Å². The second kappa shape index (κ2) is 4.13. The second-order valence-corrected chi connectivity index (χ2v) is 4.02. The molecule has 14 heavy (non-hydrogen) atoms. The van der Waals surface area contributed by atoms with Gasteiger partial charge in [-0.15, -0.1) is 0 Å². The third kappa shape index (κ3) is 1.69. The van der Waals surface area contributed by atoms with Crippen LogP contribution in [0, 0.1) is 0 Å². The van der Waals surface area contributed by atoms with Gasteiger partial charge in [0.15, 0.2) is 0 Å². The van der Waals surface area contributed by atoms with Crippen LogP contribution < -0.4 is 0 Å². The van der Waals surface area contributed by atoms with E-state index in [9.17, 15) is 0 Å². The van der Waals surface area contributed by atoms with Crippen LogP contribution in [0.2, 0.25) is 0 Å². The first-order valence-electron chi connectivity index (χ1n) is 5.37. The van der Waals surface area contributed by atoms with Gasteiger partial charge in [-0.1, -0.05) is 0 Å². The number of imidazole rings is 1. The first kappa shape index (κ1) is 9.71. The molecule has 1 aromatic rings. The van der Waals surface area contributed by atoms with E-state index >= 15 is 0 Å². The summed E-state index contributed by atoms with van der Waals surface area (Å²) < 4.78 is 7.48. The Bertz CT molecular complexity index is 306. The summed E-state index contributed by atoms with van der Waals surface area (Å²) in [6.07, 6.45) is 6.73. The predicted octanol–water partition coefficient (Wildman–Crippen LogP) is 1.97. The van der Waals surface area contributed by atoms with Crippen LogP contribution >= 0.6 is 0 Å². The topological polar surface area (TPSA) is 27.1 Å². The Morgan fingerprint density at radius 2 is 2.50 bits per heavy atom. The number of fused-ring (bicyclic) bond motifs is 1. The van der Waals surface area contributed by atoms with Crippen molar-refractivity contribution in [2.75, 3.05) is 13.7 Å². The molecule has 3 nitrogen and oxygen atoms in total. The van der Waals surface area contributed by atoms with E-state index in [1.165, 1.54) is 30.8 Å². The Hall–Kier alpha value is -0.830. The summed E-state index contributed by atoms with van der Waals surface area (Å²) in [4.78, 5) is 4.47. The molecule has 78 valence electrons. The number of hydrogen-bond donors (Lipinski definition) is 0. The van der Waals surface area contributed by atoms with Gasteiger partial charge in [0.25, 0.3) is 0 Å². The molecule has 2 heterocycles. The lowest BCUT2D eigenvalue weighted by atomic mass is 10.0. The van der Waals surface area contributed by atoms with E-state index in [2.05, 4.69) is 16.5 Å². The highest BCUT2D eigenvalue weighted by Crippen LogP contribution is 2.25. The summed E-state index contributed by atoms with van der Waals surface area (Å²) in [7, 11) is 1.74. The fourth-order valence-electron chi connectivity index (χ4n) is 2.25. The largest absolute Gasteiger partial charge is 0.384 e. The molecule has 0 fully saturated rings. The fraction of sp³-hybridized carbons (Fsp3) is 0.727. The minimum Gasteiger partial charge on any atom is -0.384 e. The van der Waals surface area contributed by atoms with Gasteiger partial charge < -0.3 is 9.30 Å². The highest BCUT2D eigenvalue weighted by molar-refractivity contribution is 5.10. The third-order valence-electron chi connectivity index (χ3n) is 2.98. The second-order valence-electron chi connectivity index (χ2n) is 4.02. The molecule has 0 amide bonds. The normalized spacial score (nSPS) is 20.9. The molecule has 0 radical (unpaired) electrons. The quantitative estimate of drug-likeness (QED) is 0.735. The summed E-state index contributed by atoms with van der Waals surface area (Å²) in [5.74, 6) is 1.19. The molecule has 0 aliphatic carbocycles. The summed E-state index contributed by atoms with van der Waals surface area (Å²) >= 11 is 0. The number of nitrogens with zero attached hydrogens (tertiary/aromatic N) is 2. The van der Waals surface area contributed by atoms with Gasteiger partial charge >= 0.3 is 0 Å². The van der Waals surface area contributed by atoms with Crippen molar-refractivity contribution in [3.8, 4) is 0 Å². The van der Waals surface area contributed by atoms with Crippen LogP contribution in [0.1, 0.15) is 37.3 Å². The predicted molar refractivity (Wildman–Crippen MR) is 55.5 cm³/mol. The molecule has 1 aliphatic heterocycles.